The number of hydrogen-bond donors (Lipinski definition) is 3. The van der Waals surface area contributed by atoms with E-state index in [4.69, 9.17) is 11.5 Å². The molecule has 0 aliphatic carbocycles. The molecule has 1 atom stereocenters. The normalized spacial score (nSPS) is 12.1. The van der Waals surface area contributed by atoms with E-state index in [0.29, 0.717) is 23.5 Å². The molecule has 0 saturated carbocycles. The first-order valence-electron chi connectivity index (χ1n) is 11.6. The first kappa shape index (κ1) is 27.6. The third-order valence-electron chi connectivity index (χ3n) is 6.04. The minimum atomic E-state index is -1.20. The van der Waals surface area contributed by atoms with Crippen LogP contribution in [0.3, 0.4) is 0 Å². The van der Waals surface area contributed by atoms with Crippen LogP contribution in [0.4, 0.5) is 21.5 Å². The van der Waals surface area contributed by atoms with Crippen LogP contribution in [0, 0.1) is 5.82 Å². The zero-order valence-electron chi connectivity index (χ0n) is 21.4. The van der Waals surface area contributed by atoms with Gasteiger partial charge >= 0.3 is 0 Å². The van der Waals surface area contributed by atoms with Crippen molar-refractivity contribution in [3.63, 3.8) is 0 Å². The Morgan fingerprint density at radius 2 is 1.76 bits per heavy atom. The number of primary amides is 1. The van der Waals surface area contributed by atoms with Crippen molar-refractivity contribution >= 4 is 46.3 Å². The SMILES string of the molecule is CCC(C)(C)NC(=O)C(c1ccc(N(C)C)cc1)N(C(=O)c1snc(C(N)=O)c1N)c1cccc(F)c1. The van der Waals surface area contributed by atoms with Gasteiger partial charge in [0.1, 0.15) is 16.7 Å². The number of nitrogens with zero attached hydrogens (tertiary/aromatic N) is 3. The highest BCUT2D eigenvalue weighted by atomic mass is 32.1. The number of aromatic nitrogens is 1. The van der Waals surface area contributed by atoms with Gasteiger partial charge in [0.2, 0.25) is 5.91 Å². The van der Waals surface area contributed by atoms with E-state index in [1.165, 1.54) is 23.1 Å². The van der Waals surface area contributed by atoms with Gasteiger partial charge in [0.15, 0.2) is 5.69 Å². The molecule has 1 unspecified atom stereocenters. The minimum absolute atomic E-state index is 0.0875. The molecule has 1 heterocycles. The monoisotopic (exact) mass is 526 g/mol. The lowest BCUT2D eigenvalue weighted by Crippen LogP contribution is -2.50. The molecule has 2 aromatic carbocycles. The van der Waals surface area contributed by atoms with Crippen LogP contribution in [-0.2, 0) is 4.79 Å². The van der Waals surface area contributed by atoms with Gasteiger partial charge in [0, 0.05) is 31.0 Å². The molecule has 11 heteroatoms. The number of carbonyl (C=O) groups excluding carboxylic acids is 3. The Bertz CT molecular complexity index is 1310. The van der Waals surface area contributed by atoms with Crippen LogP contribution >= 0.6 is 11.5 Å². The summed E-state index contributed by atoms with van der Waals surface area (Å²) in [5.41, 5.74) is 11.9. The summed E-state index contributed by atoms with van der Waals surface area (Å²) in [5, 5.41) is 3.00. The molecule has 0 spiro atoms. The van der Waals surface area contributed by atoms with Crippen molar-refractivity contribution in [2.75, 3.05) is 29.6 Å². The Kier molecular flexibility index (Phi) is 8.17. The van der Waals surface area contributed by atoms with Crippen LogP contribution in [0.2, 0.25) is 0 Å². The van der Waals surface area contributed by atoms with Crippen molar-refractivity contribution in [3.8, 4) is 0 Å². The van der Waals surface area contributed by atoms with Gasteiger partial charge in [-0.15, -0.1) is 0 Å². The Balaban J connectivity index is 2.24. The fraction of sp³-hybridized carbons (Fsp3) is 0.308. The van der Waals surface area contributed by atoms with E-state index < -0.39 is 35.1 Å². The van der Waals surface area contributed by atoms with Crippen molar-refractivity contribution in [3.05, 3.63) is 70.5 Å². The van der Waals surface area contributed by atoms with Gasteiger partial charge in [-0.1, -0.05) is 25.1 Å². The second-order valence-electron chi connectivity index (χ2n) is 9.41. The van der Waals surface area contributed by atoms with E-state index in [1.807, 2.05) is 51.9 Å². The quantitative estimate of drug-likeness (QED) is 0.389. The van der Waals surface area contributed by atoms with Crippen LogP contribution in [-0.4, -0.2) is 41.7 Å². The van der Waals surface area contributed by atoms with Crippen molar-refractivity contribution in [2.45, 2.75) is 38.8 Å². The predicted molar refractivity (Wildman–Crippen MR) is 144 cm³/mol. The van der Waals surface area contributed by atoms with Crippen molar-refractivity contribution in [2.24, 2.45) is 5.73 Å². The molecule has 3 rings (SSSR count). The summed E-state index contributed by atoms with van der Waals surface area (Å²) in [7, 11) is 3.77. The molecule has 0 radical (unpaired) electrons. The van der Waals surface area contributed by atoms with Crippen LogP contribution in [0.5, 0.6) is 0 Å². The first-order chi connectivity index (χ1) is 17.4. The molecule has 0 bridgehead atoms. The molecule has 3 aromatic rings. The number of nitrogens with two attached hydrogens (primary N) is 2. The van der Waals surface area contributed by atoms with E-state index in [-0.39, 0.29) is 21.9 Å². The summed E-state index contributed by atoms with van der Waals surface area (Å²) < 4.78 is 18.3. The lowest BCUT2D eigenvalue weighted by Gasteiger charge is -2.34. The summed E-state index contributed by atoms with van der Waals surface area (Å²) >= 11 is 0.689. The van der Waals surface area contributed by atoms with Crippen LogP contribution < -0.4 is 26.6 Å². The highest BCUT2D eigenvalue weighted by Gasteiger charge is 2.37. The Morgan fingerprint density at radius 3 is 2.27 bits per heavy atom. The maximum Gasteiger partial charge on any atom is 0.273 e. The number of benzene rings is 2. The van der Waals surface area contributed by atoms with Gasteiger partial charge in [-0.2, -0.15) is 4.37 Å². The largest absolute Gasteiger partial charge is 0.395 e. The van der Waals surface area contributed by atoms with Gasteiger partial charge in [-0.3, -0.25) is 19.3 Å². The molecule has 0 saturated heterocycles. The molecule has 0 aliphatic rings. The standard InChI is InChI=1S/C26H31FN6O3S/c1-6-26(2,3)30-24(35)21(15-10-12-17(13-11-15)32(4)5)33(18-9-7-8-16(27)14-18)25(36)22-19(28)20(23(29)34)31-37-22/h7-14,21H,6,28H2,1-5H3,(H2,29,34)(H,30,35). The summed E-state index contributed by atoms with van der Waals surface area (Å²) in [4.78, 5) is 42.6. The van der Waals surface area contributed by atoms with Gasteiger partial charge < -0.3 is 21.7 Å². The third-order valence-corrected chi connectivity index (χ3v) is 6.89. The number of hydrogen-bond acceptors (Lipinski definition) is 7. The van der Waals surface area contributed by atoms with E-state index in [1.54, 1.807) is 12.1 Å². The fourth-order valence-electron chi connectivity index (χ4n) is 3.61. The van der Waals surface area contributed by atoms with Crippen LogP contribution in [0.25, 0.3) is 0 Å². The Labute approximate surface area is 219 Å². The maximum absolute atomic E-state index is 14.4. The second kappa shape index (κ2) is 11.0. The number of nitrogens with one attached hydrogen (secondary N) is 1. The van der Waals surface area contributed by atoms with E-state index in [9.17, 15) is 18.8 Å². The van der Waals surface area contributed by atoms with Crippen molar-refractivity contribution in [1.29, 1.82) is 0 Å². The second-order valence-corrected chi connectivity index (χ2v) is 10.2. The molecule has 0 aliphatic heterocycles. The zero-order chi connectivity index (χ0) is 27.5. The van der Waals surface area contributed by atoms with Crippen molar-refractivity contribution < 1.29 is 18.8 Å². The first-order valence-corrected chi connectivity index (χ1v) is 12.4. The van der Waals surface area contributed by atoms with Gasteiger partial charge in [-0.25, -0.2) is 4.39 Å². The molecule has 1 aromatic heterocycles. The molecule has 37 heavy (non-hydrogen) atoms. The number of rotatable bonds is 9. The number of amides is 3. The number of halogens is 1. The summed E-state index contributed by atoms with van der Waals surface area (Å²) in [5.74, 6) is -2.68. The highest BCUT2D eigenvalue weighted by Crippen LogP contribution is 2.34. The Hall–Kier alpha value is -3.99. The lowest BCUT2D eigenvalue weighted by atomic mass is 9.97. The summed E-state index contributed by atoms with van der Waals surface area (Å²) in [6, 6.07) is 11.3. The fourth-order valence-corrected chi connectivity index (χ4v) is 4.35. The van der Waals surface area contributed by atoms with E-state index >= 15 is 0 Å². The molecule has 3 amide bonds. The summed E-state index contributed by atoms with van der Waals surface area (Å²) in [6.45, 7) is 5.66. The van der Waals surface area contributed by atoms with Crippen molar-refractivity contribution in [1.82, 2.24) is 9.69 Å². The zero-order valence-corrected chi connectivity index (χ0v) is 22.2. The molecular formula is C26H31FN6O3S. The lowest BCUT2D eigenvalue weighted by molar-refractivity contribution is -0.124. The average molecular weight is 527 g/mol. The molecule has 196 valence electrons. The molecule has 5 N–H and O–H groups in total. The van der Waals surface area contributed by atoms with Gasteiger partial charge in [-0.05, 0) is 67.7 Å². The minimum Gasteiger partial charge on any atom is -0.395 e. The Morgan fingerprint density at radius 1 is 1.11 bits per heavy atom. The van der Waals surface area contributed by atoms with Crippen LogP contribution in [0.15, 0.2) is 48.5 Å². The molecular weight excluding hydrogens is 495 g/mol. The maximum atomic E-state index is 14.4. The van der Waals surface area contributed by atoms with Gasteiger partial charge in [0.25, 0.3) is 11.8 Å². The number of carbonyl (C=O) groups is 3. The van der Waals surface area contributed by atoms with Crippen LogP contribution in [0.1, 0.15) is 59.0 Å². The van der Waals surface area contributed by atoms with E-state index in [0.717, 1.165) is 11.8 Å². The number of nitrogen functional groups attached to an aromatic ring is 1. The molecule has 9 nitrogen and oxygen atoms in total. The predicted octanol–water partition coefficient (Wildman–Crippen LogP) is 3.72. The topological polar surface area (TPSA) is 135 Å². The average Bonchev–Trinajstić information content (AvgIpc) is 3.23. The molecule has 0 fully saturated rings. The van der Waals surface area contributed by atoms with Gasteiger partial charge in [0.05, 0.1) is 5.69 Å². The highest BCUT2D eigenvalue weighted by molar-refractivity contribution is 7.09. The number of anilines is 3. The van der Waals surface area contributed by atoms with E-state index in [2.05, 4.69) is 9.69 Å². The third kappa shape index (κ3) is 6.05. The smallest absolute Gasteiger partial charge is 0.273 e. The summed E-state index contributed by atoms with van der Waals surface area (Å²) in [6.07, 6.45) is 0.628.